The Morgan fingerprint density at radius 2 is 1.38 bits per heavy atom. The molecule has 10 rings (SSSR count). The van der Waals surface area contributed by atoms with Crippen LogP contribution < -0.4 is 0 Å². The molecular weight excluding hydrogens is 587 g/mol. The molecule has 3 heterocycles. The van der Waals surface area contributed by atoms with Gasteiger partial charge in [-0.25, -0.2) is 0 Å². The van der Waals surface area contributed by atoms with Crippen LogP contribution in [0.5, 0.6) is 0 Å². The lowest BCUT2D eigenvalue weighted by atomic mass is 9.96. The molecule has 1 aliphatic carbocycles. The molecule has 48 heavy (non-hydrogen) atoms. The van der Waals surface area contributed by atoms with E-state index < -0.39 is 0 Å². The van der Waals surface area contributed by atoms with E-state index in [4.69, 9.17) is 4.42 Å². The zero-order valence-corrected chi connectivity index (χ0v) is 26.3. The SMILES string of the molecule is CC1C=C(n2c3ccc(-c4c(C#N)cccc4-n4c5ccccc5c5ccccc54)cc3c3ccc4c5ccccc5oc4c32)C=CC1. The summed E-state index contributed by atoms with van der Waals surface area (Å²) in [5.74, 6) is 0.433. The smallest absolute Gasteiger partial charge is 0.160 e. The van der Waals surface area contributed by atoms with Crippen LogP contribution in [0.15, 0.2) is 144 Å². The van der Waals surface area contributed by atoms with E-state index in [9.17, 15) is 5.26 Å². The van der Waals surface area contributed by atoms with Crippen LogP contribution in [0.25, 0.3) is 88.1 Å². The molecule has 1 aliphatic rings. The van der Waals surface area contributed by atoms with Crippen molar-refractivity contribution in [3.8, 4) is 22.9 Å². The van der Waals surface area contributed by atoms with Crippen LogP contribution in [0.3, 0.4) is 0 Å². The highest BCUT2D eigenvalue weighted by molar-refractivity contribution is 6.22. The molecule has 0 radical (unpaired) electrons. The van der Waals surface area contributed by atoms with Gasteiger partial charge in [-0.1, -0.05) is 91.9 Å². The van der Waals surface area contributed by atoms with Gasteiger partial charge < -0.3 is 13.6 Å². The van der Waals surface area contributed by atoms with Gasteiger partial charge in [-0.3, -0.25) is 0 Å². The monoisotopic (exact) mass is 615 g/mol. The van der Waals surface area contributed by atoms with Gasteiger partial charge in [0.15, 0.2) is 5.58 Å². The summed E-state index contributed by atoms with van der Waals surface area (Å²) in [6.07, 6.45) is 7.90. The summed E-state index contributed by atoms with van der Waals surface area (Å²) in [5, 5.41) is 17.4. The average Bonchev–Trinajstić information content (AvgIpc) is 3.79. The second-order valence-electron chi connectivity index (χ2n) is 12.9. The first-order valence-electron chi connectivity index (χ1n) is 16.5. The lowest BCUT2D eigenvalue weighted by Gasteiger charge is -2.17. The van der Waals surface area contributed by atoms with Crippen molar-refractivity contribution in [1.29, 1.82) is 5.26 Å². The van der Waals surface area contributed by atoms with E-state index in [2.05, 4.69) is 137 Å². The van der Waals surface area contributed by atoms with Crippen molar-refractivity contribution >= 4 is 71.2 Å². The highest BCUT2D eigenvalue weighted by Crippen LogP contribution is 2.44. The molecule has 3 aromatic heterocycles. The maximum atomic E-state index is 10.5. The molecule has 6 aromatic carbocycles. The van der Waals surface area contributed by atoms with Crippen LogP contribution in [0, 0.1) is 17.2 Å². The predicted molar refractivity (Wildman–Crippen MR) is 198 cm³/mol. The number of para-hydroxylation sites is 3. The summed E-state index contributed by atoms with van der Waals surface area (Å²) >= 11 is 0. The van der Waals surface area contributed by atoms with Crippen LogP contribution in [-0.2, 0) is 0 Å². The molecule has 0 saturated heterocycles. The maximum absolute atomic E-state index is 10.5. The first kappa shape index (κ1) is 26.9. The molecule has 226 valence electrons. The fourth-order valence-corrected chi connectivity index (χ4v) is 7.98. The van der Waals surface area contributed by atoms with Crippen molar-refractivity contribution < 1.29 is 4.42 Å². The molecule has 1 atom stereocenters. The first-order valence-corrected chi connectivity index (χ1v) is 16.5. The highest BCUT2D eigenvalue weighted by atomic mass is 16.3. The molecule has 0 saturated carbocycles. The lowest BCUT2D eigenvalue weighted by Crippen LogP contribution is -2.02. The zero-order chi connectivity index (χ0) is 31.9. The van der Waals surface area contributed by atoms with Crippen molar-refractivity contribution in [3.63, 3.8) is 0 Å². The Balaban J connectivity index is 1.31. The third kappa shape index (κ3) is 3.70. The van der Waals surface area contributed by atoms with Gasteiger partial charge in [0.05, 0.1) is 39.4 Å². The standard InChI is InChI=1S/C44H29N3O/c1-27-10-8-12-30(24-27)46-39-23-20-28(25-36(39)34-21-22-35-33-15-4-7-19-41(33)48-44(35)43(34)46)42-29(26-45)11-9-18-40(42)47-37-16-5-2-13-31(37)32-14-3-6-17-38(32)47/h2-9,11-25,27H,10H2,1H3. The van der Waals surface area contributed by atoms with E-state index >= 15 is 0 Å². The molecule has 0 N–H and O–H groups in total. The van der Waals surface area contributed by atoms with E-state index in [1.807, 2.05) is 24.3 Å². The number of rotatable bonds is 3. The Bertz CT molecular complexity index is 2850. The van der Waals surface area contributed by atoms with Crippen LogP contribution in [0.4, 0.5) is 0 Å². The number of allylic oxidation sites excluding steroid dienone is 4. The van der Waals surface area contributed by atoms with Crippen molar-refractivity contribution in [2.24, 2.45) is 5.92 Å². The summed E-state index contributed by atoms with van der Waals surface area (Å²) in [7, 11) is 0. The number of furan rings is 1. The van der Waals surface area contributed by atoms with E-state index in [1.165, 1.54) is 10.8 Å². The van der Waals surface area contributed by atoms with Gasteiger partial charge in [0, 0.05) is 43.6 Å². The number of fused-ring (bicyclic) bond motifs is 10. The number of hydrogen-bond acceptors (Lipinski definition) is 2. The Morgan fingerprint density at radius 3 is 2.15 bits per heavy atom. The van der Waals surface area contributed by atoms with Gasteiger partial charge in [-0.05, 0) is 72.5 Å². The molecule has 0 fully saturated rings. The molecule has 0 aliphatic heterocycles. The fourth-order valence-electron chi connectivity index (χ4n) is 7.98. The Labute approximate surface area is 276 Å². The van der Waals surface area contributed by atoms with Crippen molar-refractivity contribution in [3.05, 3.63) is 145 Å². The minimum absolute atomic E-state index is 0.433. The minimum atomic E-state index is 0.433. The predicted octanol–water partition coefficient (Wildman–Crippen LogP) is 11.8. The second-order valence-corrected chi connectivity index (χ2v) is 12.9. The topological polar surface area (TPSA) is 46.8 Å². The minimum Gasteiger partial charge on any atom is -0.454 e. The summed E-state index contributed by atoms with van der Waals surface area (Å²) in [6.45, 7) is 2.27. The lowest BCUT2D eigenvalue weighted by molar-refractivity contribution is 0.671. The van der Waals surface area contributed by atoms with Crippen molar-refractivity contribution in [2.75, 3.05) is 0 Å². The average molecular weight is 616 g/mol. The number of hydrogen-bond donors (Lipinski definition) is 0. The van der Waals surface area contributed by atoms with Crippen LogP contribution in [-0.4, -0.2) is 9.13 Å². The molecule has 4 heteroatoms. The maximum Gasteiger partial charge on any atom is 0.160 e. The molecule has 0 bridgehead atoms. The Morgan fingerprint density at radius 1 is 0.667 bits per heavy atom. The Hall–Kier alpha value is -6.31. The number of nitrogens with zero attached hydrogens (tertiary/aromatic N) is 3. The van der Waals surface area contributed by atoms with Gasteiger partial charge in [0.2, 0.25) is 0 Å². The van der Waals surface area contributed by atoms with E-state index in [1.54, 1.807) is 0 Å². The molecular formula is C44H29N3O. The van der Waals surface area contributed by atoms with Gasteiger partial charge in [-0.15, -0.1) is 0 Å². The third-order valence-electron chi connectivity index (χ3n) is 10.1. The Kier molecular flexibility index (Phi) is 5.65. The quantitative estimate of drug-likeness (QED) is 0.198. The van der Waals surface area contributed by atoms with E-state index in [-0.39, 0.29) is 0 Å². The molecule has 9 aromatic rings. The summed E-state index contributed by atoms with van der Waals surface area (Å²) in [6, 6.07) is 45.0. The second kappa shape index (κ2) is 10.1. The van der Waals surface area contributed by atoms with Crippen LogP contribution >= 0.6 is 0 Å². The van der Waals surface area contributed by atoms with E-state index in [0.717, 1.165) is 83.7 Å². The number of nitriles is 1. The van der Waals surface area contributed by atoms with Crippen molar-refractivity contribution in [2.45, 2.75) is 13.3 Å². The summed E-state index contributed by atoms with van der Waals surface area (Å²) < 4.78 is 11.3. The zero-order valence-electron chi connectivity index (χ0n) is 26.3. The van der Waals surface area contributed by atoms with Crippen LogP contribution in [0.1, 0.15) is 18.9 Å². The van der Waals surface area contributed by atoms with Crippen molar-refractivity contribution in [1.82, 2.24) is 9.13 Å². The van der Waals surface area contributed by atoms with Crippen LogP contribution in [0.2, 0.25) is 0 Å². The van der Waals surface area contributed by atoms with E-state index in [0.29, 0.717) is 11.5 Å². The van der Waals surface area contributed by atoms with Gasteiger partial charge in [0.1, 0.15) is 5.58 Å². The number of aromatic nitrogens is 2. The van der Waals surface area contributed by atoms with Gasteiger partial charge >= 0.3 is 0 Å². The molecule has 0 spiro atoms. The normalized spacial score (nSPS) is 14.9. The first-order chi connectivity index (χ1) is 23.7. The third-order valence-corrected chi connectivity index (χ3v) is 10.1. The largest absolute Gasteiger partial charge is 0.454 e. The molecule has 0 amide bonds. The fraction of sp³-hybridized carbons (Fsp3) is 0.0682. The van der Waals surface area contributed by atoms with Gasteiger partial charge in [-0.2, -0.15) is 5.26 Å². The summed E-state index contributed by atoms with van der Waals surface area (Å²) in [5.41, 5.74) is 10.9. The highest BCUT2D eigenvalue weighted by Gasteiger charge is 2.23. The molecule has 1 unspecified atom stereocenters. The molecule has 4 nitrogen and oxygen atoms in total. The summed E-state index contributed by atoms with van der Waals surface area (Å²) in [4.78, 5) is 0. The van der Waals surface area contributed by atoms with Gasteiger partial charge in [0.25, 0.3) is 0 Å². The number of benzene rings is 6.